The summed E-state index contributed by atoms with van der Waals surface area (Å²) in [5.41, 5.74) is 6.37. The third-order valence-corrected chi connectivity index (χ3v) is 1.99. The Hall–Kier alpha value is -1.42. The van der Waals surface area contributed by atoms with E-state index in [0.717, 1.165) is 12.1 Å². The van der Waals surface area contributed by atoms with Crippen molar-refractivity contribution in [1.82, 2.24) is 15.4 Å². The minimum atomic E-state index is -0.470. The molecule has 0 spiro atoms. The second-order valence-electron chi connectivity index (χ2n) is 2.89. The van der Waals surface area contributed by atoms with E-state index >= 15 is 0 Å². The molecule has 1 aromatic heterocycles. The summed E-state index contributed by atoms with van der Waals surface area (Å²) in [7, 11) is 0. The molecule has 2 rings (SSSR count). The summed E-state index contributed by atoms with van der Waals surface area (Å²) in [4.78, 5) is 0. The van der Waals surface area contributed by atoms with Crippen molar-refractivity contribution in [3.8, 4) is 0 Å². The van der Waals surface area contributed by atoms with Gasteiger partial charge >= 0.3 is 0 Å². The van der Waals surface area contributed by atoms with E-state index in [4.69, 9.17) is 5.73 Å². The maximum atomic E-state index is 6.06. The Bertz CT molecular complexity index is 312. The molecular weight excluding hydrogens is 152 g/mol. The normalized spacial score (nSPS) is 27.8. The molecule has 4 nitrogen and oxygen atoms in total. The molecule has 0 aromatic carbocycles. The van der Waals surface area contributed by atoms with Gasteiger partial charge in [-0.2, -0.15) is 15.4 Å². The Kier molecular flexibility index (Phi) is 1.55. The molecule has 1 atom stereocenters. The smallest absolute Gasteiger partial charge is 0.107 e. The molecule has 3 N–H and O–H groups in total. The highest BCUT2D eigenvalue weighted by molar-refractivity contribution is 5.27. The fraction of sp³-hybridized carbons (Fsp3) is 0.250. The molecule has 0 radical (unpaired) electrons. The van der Waals surface area contributed by atoms with Crippen LogP contribution >= 0.6 is 0 Å². The van der Waals surface area contributed by atoms with Gasteiger partial charge in [0.25, 0.3) is 0 Å². The second kappa shape index (κ2) is 2.57. The van der Waals surface area contributed by atoms with Crippen LogP contribution in [0.1, 0.15) is 12.1 Å². The first-order valence-corrected chi connectivity index (χ1v) is 3.81. The van der Waals surface area contributed by atoms with E-state index in [1.54, 1.807) is 6.20 Å². The Labute approximate surface area is 70.2 Å². The van der Waals surface area contributed by atoms with Gasteiger partial charge in [0.2, 0.25) is 0 Å². The van der Waals surface area contributed by atoms with Crippen LogP contribution in [-0.2, 0) is 5.54 Å². The number of nitrogens with zero attached hydrogens (tertiary/aromatic N) is 2. The van der Waals surface area contributed by atoms with Crippen molar-refractivity contribution in [2.45, 2.75) is 12.0 Å². The van der Waals surface area contributed by atoms with Crippen LogP contribution in [0.25, 0.3) is 0 Å². The van der Waals surface area contributed by atoms with Gasteiger partial charge in [0.15, 0.2) is 0 Å². The van der Waals surface area contributed by atoms with Crippen molar-refractivity contribution < 1.29 is 0 Å². The summed E-state index contributed by atoms with van der Waals surface area (Å²) in [6.07, 6.45) is 10.3. The highest BCUT2D eigenvalue weighted by Crippen LogP contribution is 2.24. The molecule has 0 aliphatic heterocycles. The fourth-order valence-corrected chi connectivity index (χ4v) is 1.25. The van der Waals surface area contributed by atoms with Crippen LogP contribution in [0.3, 0.4) is 0 Å². The van der Waals surface area contributed by atoms with Gasteiger partial charge in [-0.3, -0.25) is 0 Å². The zero-order chi connectivity index (χ0) is 8.44. The minimum Gasteiger partial charge on any atom is -0.317 e. The van der Waals surface area contributed by atoms with Crippen molar-refractivity contribution >= 4 is 0 Å². The molecule has 1 heterocycles. The van der Waals surface area contributed by atoms with E-state index in [1.165, 1.54) is 0 Å². The lowest BCUT2D eigenvalue weighted by Gasteiger charge is -2.23. The van der Waals surface area contributed by atoms with Crippen molar-refractivity contribution in [3.05, 3.63) is 36.2 Å². The van der Waals surface area contributed by atoms with Crippen molar-refractivity contribution in [1.29, 1.82) is 0 Å². The van der Waals surface area contributed by atoms with Crippen LogP contribution in [0.5, 0.6) is 0 Å². The van der Waals surface area contributed by atoms with E-state index in [9.17, 15) is 0 Å². The molecule has 12 heavy (non-hydrogen) atoms. The number of aromatic amines is 1. The molecule has 4 heteroatoms. The SMILES string of the molecule is NC1(c2cn[nH]n2)C=CC=CC1. The molecule has 1 aromatic rings. The summed E-state index contributed by atoms with van der Waals surface area (Å²) >= 11 is 0. The summed E-state index contributed by atoms with van der Waals surface area (Å²) in [5, 5.41) is 10.2. The monoisotopic (exact) mass is 162 g/mol. The number of rotatable bonds is 1. The number of allylic oxidation sites excluding steroid dienone is 2. The minimum absolute atomic E-state index is 0.470. The van der Waals surface area contributed by atoms with Crippen LogP contribution in [-0.4, -0.2) is 15.4 Å². The average molecular weight is 162 g/mol. The highest BCUT2D eigenvalue weighted by Gasteiger charge is 2.26. The van der Waals surface area contributed by atoms with E-state index < -0.39 is 5.54 Å². The quantitative estimate of drug-likeness (QED) is 0.631. The predicted octanol–water partition coefficient (Wildman–Crippen LogP) is 0.475. The zero-order valence-corrected chi connectivity index (χ0v) is 6.57. The molecule has 1 aliphatic carbocycles. The first-order chi connectivity index (χ1) is 5.81. The Morgan fingerprint density at radius 1 is 1.50 bits per heavy atom. The lowest BCUT2D eigenvalue weighted by atomic mass is 9.90. The van der Waals surface area contributed by atoms with Crippen molar-refractivity contribution in [2.24, 2.45) is 5.73 Å². The van der Waals surface area contributed by atoms with Crippen LogP contribution in [0.15, 0.2) is 30.5 Å². The van der Waals surface area contributed by atoms with Gasteiger partial charge in [-0.05, 0) is 6.42 Å². The maximum Gasteiger partial charge on any atom is 0.107 e. The molecule has 1 unspecified atom stereocenters. The first kappa shape index (κ1) is 7.24. The number of H-pyrrole nitrogens is 1. The first-order valence-electron chi connectivity index (χ1n) is 3.81. The number of aromatic nitrogens is 3. The zero-order valence-electron chi connectivity index (χ0n) is 6.57. The summed E-state index contributed by atoms with van der Waals surface area (Å²) in [6.45, 7) is 0. The molecule has 0 fully saturated rings. The maximum absolute atomic E-state index is 6.06. The topological polar surface area (TPSA) is 67.6 Å². The van der Waals surface area contributed by atoms with Gasteiger partial charge in [-0.15, -0.1) is 0 Å². The van der Waals surface area contributed by atoms with Crippen LogP contribution < -0.4 is 5.73 Å². The van der Waals surface area contributed by atoms with Gasteiger partial charge in [0.1, 0.15) is 5.69 Å². The van der Waals surface area contributed by atoms with E-state index in [1.807, 2.05) is 24.3 Å². The third kappa shape index (κ3) is 1.06. The summed E-state index contributed by atoms with van der Waals surface area (Å²) in [6, 6.07) is 0. The Morgan fingerprint density at radius 2 is 2.42 bits per heavy atom. The van der Waals surface area contributed by atoms with Gasteiger partial charge < -0.3 is 5.73 Å². The van der Waals surface area contributed by atoms with Crippen molar-refractivity contribution in [2.75, 3.05) is 0 Å². The Balaban J connectivity index is 2.34. The number of nitrogens with one attached hydrogen (secondary N) is 1. The molecule has 0 saturated heterocycles. The van der Waals surface area contributed by atoms with Crippen LogP contribution in [0.2, 0.25) is 0 Å². The second-order valence-corrected chi connectivity index (χ2v) is 2.89. The lowest BCUT2D eigenvalue weighted by Crippen LogP contribution is -2.35. The largest absolute Gasteiger partial charge is 0.317 e. The summed E-state index contributed by atoms with van der Waals surface area (Å²) < 4.78 is 0. The van der Waals surface area contributed by atoms with Crippen molar-refractivity contribution in [3.63, 3.8) is 0 Å². The Morgan fingerprint density at radius 3 is 3.00 bits per heavy atom. The van der Waals surface area contributed by atoms with Crippen LogP contribution in [0.4, 0.5) is 0 Å². The number of hydrogen-bond acceptors (Lipinski definition) is 3. The standard InChI is InChI=1S/C8H10N4/c9-8(4-2-1-3-5-8)7-6-10-12-11-7/h1-4,6H,5,9H2,(H,10,11,12). The molecule has 0 bridgehead atoms. The molecule has 0 amide bonds. The van der Waals surface area contributed by atoms with Gasteiger partial charge in [0.05, 0.1) is 11.7 Å². The fourth-order valence-electron chi connectivity index (χ4n) is 1.25. The molecule has 1 aliphatic rings. The lowest BCUT2D eigenvalue weighted by molar-refractivity contribution is 0.545. The van der Waals surface area contributed by atoms with Crippen LogP contribution in [0, 0.1) is 0 Å². The average Bonchev–Trinajstić information content (AvgIpc) is 2.58. The van der Waals surface area contributed by atoms with E-state index in [2.05, 4.69) is 15.4 Å². The van der Waals surface area contributed by atoms with E-state index in [0.29, 0.717) is 0 Å². The number of nitrogens with two attached hydrogens (primary N) is 1. The predicted molar refractivity (Wildman–Crippen MR) is 45.1 cm³/mol. The molecular formula is C8H10N4. The van der Waals surface area contributed by atoms with E-state index in [-0.39, 0.29) is 0 Å². The molecule has 0 saturated carbocycles. The molecule has 62 valence electrons. The van der Waals surface area contributed by atoms with Gasteiger partial charge in [0, 0.05) is 0 Å². The summed E-state index contributed by atoms with van der Waals surface area (Å²) in [5.74, 6) is 0. The van der Waals surface area contributed by atoms with Gasteiger partial charge in [-0.25, -0.2) is 0 Å². The third-order valence-electron chi connectivity index (χ3n) is 1.99. The number of hydrogen-bond donors (Lipinski definition) is 2. The highest BCUT2D eigenvalue weighted by atomic mass is 15.3. The van der Waals surface area contributed by atoms with Gasteiger partial charge in [-0.1, -0.05) is 24.3 Å².